The first-order chi connectivity index (χ1) is 19.6. The number of benzene rings is 3. The van der Waals surface area contributed by atoms with Gasteiger partial charge in [-0.1, -0.05) is 53.2 Å². The number of halogens is 2. The van der Waals surface area contributed by atoms with Gasteiger partial charge in [0.15, 0.2) is 5.60 Å². The molecule has 0 radical (unpaired) electrons. The molecule has 1 saturated heterocycles. The van der Waals surface area contributed by atoms with Crippen LogP contribution in [-0.4, -0.2) is 38.0 Å². The Morgan fingerprint density at radius 1 is 1.05 bits per heavy atom. The maximum absolute atomic E-state index is 15.7. The summed E-state index contributed by atoms with van der Waals surface area (Å²) in [6.07, 6.45) is 0.889. The zero-order valence-electron chi connectivity index (χ0n) is 23.4. The Bertz CT molecular complexity index is 1530. The minimum atomic E-state index is -3.26. The minimum Gasteiger partial charge on any atom is -0.396 e. The van der Waals surface area contributed by atoms with E-state index in [0.29, 0.717) is 6.42 Å². The number of hydrogen-bond acceptors (Lipinski definition) is 4. The zero-order chi connectivity index (χ0) is 29.1. The molecule has 3 aromatic rings. The molecule has 4 atom stereocenters. The Balaban J connectivity index is 1.39. The van der Waals surface area contributed by atoms with E-state index in [1.54, 1.807) is 22.9 Å². The summed E-state index contributed by atoms with van der Waals surface area (Å²) in [7, 11) is -3.26. The van der Waals surface area contributed by atoms with Crippen LogP contribution in [0.5, 0.6) is 0 Å². The fraction of sp³-hybridized carbons (Fsp3) is 0.375. The summed E-state index contributed by atoms with van der Waals surface area (Å²) in [5, 5.41) is 9.78. The molecular formula is C32H34BrFN2O4Si. The monoisotopic (exact) mass is 636 g/mol. The number of carbonyl (C=O) groups excluding carboxylic acids is 2. The van der Waals surface area contributed by atoms with Crippen LogP contribution in [-0.2, 0) is 32.9 Å². The standard InChI is InChI=1S/C32H34BrFN2O4Si/c1-20-30(41(2,3)34)28(15-16-37)40-32(20)25-18-23(33)12-13-27(25)35(31(32)39)19-21-7-6-9-24(17-21)36-26-10-5-4-8-22(26)11-14-29(36)38/h4-10,12-13,17-18,20,28,30,37H,11,14-16,19H2,1-3H3/t20-,28+,30-,32+/m1/s1. The number of rotatable bonds is 6. The van der Waals surface area contributed by atoms with E-state index in [2.05, 4.69) is 22.0 Å². The van der Waals surface area contributed by atoms with Crippen LogP contribution < -0.4 is 9.80 Å². The van der Waals surface area contributed by atoms with Gasteiger partial charge in [0.05, 0.1) is 24.0 Å². The van der Waals surface area contributed by atoms with E-state index in [1.807, 2.05) is 67.6 Å². The number of fused-ring (bicyclic) bond motifs is 3. The van der Waals surface area contributed by atoms with Gasteiger partial charge in [0.1, 0.15) is 0 Å². The van der Waals surface area contributed by atoms with Gasteiger partial charge < -0.3 is 18.9 Å². The molecule has 1 N–H and O–H groups in total. The van der Waals surface area contributed by atoms with Crippen LogP contribution >= 0.6 is 15.9 Å². The first-order valence-electron chi connectivity index (χ1n) is 14.2. The van der Waals surface area contributed by atoms with Gasteiger partial charge in [-0.05, 0) is 73.5 Å². The highest BCUT2D eigenvalue weighted by Gasteiger charge is 2.66. The Hall–Kier alpha value is -2.85. The van der Waals surface area contributed by atoms with Gasteiger partial charge in [0.25, 0.3) is 5.91 Å². The van der Waals surface area contributed by atoms with Gasteiger partial charge in [-0.3, -0.25) is 14.5 Å². The average molecular weight is 638 g/mol. The second kappa shape index (κ2) is 10.5. The zero-order valence-corrected chi connectivity index (χ0v) is 26.0. The second-order valence-electron chi connectivity index (χ2n) is 11.9. The van der Waals surface area contributed by atoms with Crippen molar-refractivity contribution in [3.8, 4) is 0 Å². The van der Waals surface area contributed by atoms with E-state index in [-0.39, 0.29) is 31.4 Å². The van der Waals surface area contributed by atoms with Gasteiger partial charge in [-0.25, -0.2) is 0 Å². The van der Waals surface area contributed by atoms with Crippen molar-refractivity contribution < 1.29 is 23.5 Å². The van der Waals surface area contributed by atoms with Gasteiger partial charge in [-0.15, -0.1) is 0 Å². The highest BCUT2D eigenvalue weighted by molar-refractivity contribution is 9.10. The van der Waals surface area contributed by atoms with E-state index >= 15 is 4.11 Å². The van der Waals surface area contributed by atoms with Crippen molar-refractivity contribution in [2.24, 2.45) is 5.92 Å². The fourth-order valence-corrected chi connectivity index (χ4v) is 10.2. The van der Waals surface area contributed by atoms with Crippen LogP contribution in [0, 0.1) is 5.92 Å². The Morgan fingerprint density at radius 3 is 2.59 bits per heavy atom. The number of aliphatic hydroxyl groups is 1. The van der Waals surface area contributed by atoms with Gasteiger partial charge in [-0.2, -0.15) is 0 Å². The van der Waals surface area contributed by atoms with Crippen molar-refractivity contribution >= 4 is 53.2 Å². The van der Waals surface area contributed by atoms with Gasteiger partial charge in [0.2, 0.25) is 14.3 Å². The van der Waals surface area contributed by atoms with Crippen molar-refractivity contribution in [2.45, 2.75) is 63.1 Å². The van der Waals surface area contributed by atoms with E-state index in [0.717, 1.165) is 44.6 Å². The summed E-state index contributed by atoms with van der Waals surface area (Å²) in [6.45, 7) is 5.37. The lowest BCUT2D eigenvalue weighted by atomic mass is 9.82. The van der Waals surface area contributed by atoms with Crippen molar-refractivity contribution in [1.29, 1.82) is 0 Å². The van der Waals surface area contributed by atoms with Crippen molar-refractivity contribution in [3.63, 3.8) is 0 Å². The third kappa shape index (κ3) is 4.58. The summed E-state index contributed by atoms with van der Waals surface area (Å²) in [6, 6.07) is 21.4. The molecule has 3 aliphatic rings. The van der Waals surface area contributed by atoms with Crippen LogP contribution in [0.4, 0.5) is 21.2 Å². The predicted octanol–water partition coefficient (Wildman–Crippen LogP) is 6.76. The second-order valence-corrected chi connectivity index (χ2v) is 16.6. The molecule has 41 heavy (non-hydrogen) atoms. The predicted molar refractivity (Wildman–Crippen MR) is 163 cm³/mol. The molecule has 214 valence electrons. The van der Waals surface area contributed by atoms with E-state index in [4.69, 9.17) is 4.74 Å². The first kappa shape index (κ1) is 28.3. The molecular weight excluding hydrogens is 603 g/mol. The molecule has 2 amide bonds. The van der Waals surface area contributed by atoms with Crippen molar-refractivity contribution in [3.05, 3.63) is 87.9 Å². The van der Waals surface area contributed by atoms with E-state index in [9.17, 15) is 14.7 Å². The summed E-state index contributed by atoms with van der Waals surface area (Å²) in [5.74, 6) is -0.587. The van der Waals surface area contributed by atoms with Crippen LogP contribution in [0.3, 0.4) is 0 Å². The van der Waals surface area contributed by atoms with E-state index < -0.39 is 31.6 Å². The van der Waals surface area contributed by atoms with Crippen LogP contribution in [0.25, 0.3) is 0 Å². The Labute approximate surface area is 249 Å². The minimum absolute atomic E-state index is 0.0411. The number of aliphatic hydroxyl groups excluding tert-OH is 1. The first-order valence-corrected chi connectivity index (χ1v) is 17.9. The molecule has 0 bridgehead atoms. The number of aryl methyl sites for hydroxylation is 1. The number of hydrogen-bond donors (Lipinski definition) is 1. The van der Waals surface area contributed by atoms with E-state index in [1.165, 1.54) is 0 Å². The normalized spacial score (nSPS) is 25.7. The molecule has 3 aromatic carbocycles. The third-order valence-electron chi connectivity index (χ3n) is 8.94. The molecule has 3 heterocycles. The molecule has 0 unspecified atom stereocenters. The maximum atomic E-state index is 15.7. The maximum Gasteiger partial charge on any atom is 0.264 e. The number of carbonyl (C=O) groups is 2. The fourth-order valence-electron chi connectivity index (χ4n) is 7.26. The summed E-state index contributed by atoms with van der Waals surface area (Å²) < 4.78 is 23.2. The topological polar surface area (TPSA) is 70.1 Å². The van der Waals surface area contributed by atoms with Gasteiger partial charge >= 0.3 is 0 Å². The third-order valence-corrected chi connectivity index (χ3v) is 11.9. The molecule has 0 aliphatic carbocycles. The number of ether oxygens (including phenoxy) is 1. The largest absolute Gasteiger partial charge is 0.396 e. The lowest BCUT2D eigenvalue weighted by Gasteiger charge is -2.31. The van der Waals surface area contributed by atoms with Gasteiger partial charge in [0, 0.05) is 40.2 Å². The van der Waals surface area contributed by atoms with Crippen molar-refractivity contribution in [1.82, 2.24) is 0 Å². The SMILES string of the molecule is C[C@@H]1[C@@H]([Si](C)(C)F)[C@H](CCO)O[C@@]12C(=O)N(Cc1cccc(N3C(=O)CCc4ccccc43)c1)c1ccc(Br)cc12. The summed E-state index contributed by atoms with van der Waals surface area (Å²) in [5.41, 5.74) is 3.33. The highest BCUT2D eigenvalue weighted by atomic mass is 79.9. The molecule has 9 heteroatoms. The Morgan fingerprint density at radius 2 is 1.83 bits per heavy atom. The number of amides is 2. The number of anilines is 3. The summed E-state index contributed by atoms with van der Waals surface area (Å²) in [4.78, 5) is 31.0. The summed E-state index contributed by atoms with van der Waals surface area (Å²) >= 11 is 3.57. The van der Waals surface area contributed by atoms with Crippen LogP contribution in [0.2, 0.25) is 18.6 Å². The smallest absolute Gasteiger partial charge is 0.264 e. The van der Waals surface area contributed by atoms with Crippen LogP contribution in [0.1, 0.15) is 36.5 Å². The quantitative estimate of drug-likeness (QED) is 0.240. The lowest BCUT2D eigenvalue weighted by molar-refractivity contribution is -0.146. The molecule has 0 aromatic heterocycles. The lowest BCUT2D eigenvalue weighted by Crippen LogP contribution is -2.45. The molecule has 3 aliphatic heterocycles. The number of para-hydroxylation sites is 1. The molecule has 0 saturated carbocycles. The Kier molecular flexibility index (Phi) is 7.21. The highest BCUT2D eigenvalue weighted by Crippen LogP contribution is 2.60. The van der Waals surface area contributed by atoms with Crippen LogP contribution in [0.15, 0.2) is 71.2 Å². The molecule has 6 rings (SSSR count). The van der Waals surface area contributed by atoms with Crippen molar-refractivity contribution in [2.75, 3.05) is 16.4 Å². The molecule has 1 fully saturated rings. The molecule has 6 nitrogen and oxygen atoms in total. The average Bonchev–Trinajstić information content (AvgIpc) is 3.35. The number of nitrogens with zero attached hydrogens (tertiary/aromatic N) is 2. The molecule has 1 spiro atoms.